The summed E-state index contributed by atoms with van der Waals surface area (Å²) in [6, 6.07) is 14.1. The number of hydrogen-bond donors (Lipinski definition) is 0. The van der Waals surface area contributed by atoms with Gasteiger partial charge in [0.1, 0.15) is 11.5 Å². The first kappa shape index (κ1) is 23.5. The Balaban J connectivity index is 1.67. The van der Waals surface area contributed by atoms with Gasteiger partial charge < -0.3 is 14.2 Å². The summed E-state index contributed by atoms with van der Waals surface area (Å²) in [4.78, 5) is 23.2. The summed E-state index contributed by atoms with van der Waals surface area (Å²) in [6.07, 6.45) is 4.89. The number of hydrogen-bond acceptors (Lipinski definition) is 5. The first-order valence-electron chi connectivity index (χ1n) is 9.99. The van der Waals surface area contributed by atoms with E-state index in [-0.39, 0.29) is 11.9 Å². The maximum absolute atomic E-state index is 12.3. The number of carbonyl (C=O) groups excluding carboxylic acids is 2. The highest BCUT2D eigenvalue weighted by atomic mass is 35.5. The molecule has 0 amide bonds. The van der Waals surface area contributed by atoms with E-state index in [2.05, 4.69) is 6.58 Å². The highest BCUT2D eigenvalue weighted by molar-refractivity contribution is 6.30. The number of esters is 2. The van der Waals surface area contributed by atoms with Gasteiger partial charge in [-0.3, -0.25) is 4.79 Å². The summed E-state index contributed by atoms with van der Waals surface area (Å²) in [5, 5.41) is 0.590. The van der Waals surface area contributed by atoms with Gasteiger partial charge in [-0.05, 0) is 74.6 Å². The molecule has 1 unspecified atom stereocenters. The second-order valence-electron chi connectivity index (χ2n) is 6.80. The van der Waals surface area contributed by atoms with Crippen molar-refractivity contribution < 1.29 is 23.8 Å². The third-order valence-electron chi connectivity index (χ3n) is 4.48. The van der Waals surface area contributed by atoms with Crippen LogP contribution in [-0.4, -0.2) is 25.2 Å². The molecule has 0 N–H and O–H groups in total. The Morgan fingerprint density at radius 2 is 1.53 bits per heavy atom. The summed E-state index contributed by atoms with van der Waals surface area (Å²) < 4.78 is 16.1. The molecule has 0 saturated heterocycles. The van der Waals surface area contributed by atoms with Gasteiger partial charge in [0.2, 0.25) is 0 Å². The predicted octanol–water partition coefficient (Wildman–Crippen LogP) is 5.72. The molecule has 160 valence electrons. The van der Waals surface area contributed by atoms with Gasteiger partial charge in [-0.25, -0.2) is 4.79 Å². The maximum atomic E-state index is 12.3. The average molecular weight is 431 g/mol. The third kappa shape index (κ3) is 8.29. The van der Waals surface area contributed by atoms with Crippen molar-refractivity contribution in [2.24, 2.45) is 0 Å². The summed E-state index contributed by atoms with van der Waals surface area (Å²) >= 11 is 5.84. The fourth-order valence-electron chi connectivity index (χ4n) is 2.68. The first-order chi connectivity index (χ1) is 14.5. The van der Waals surface area contributed by atoms with E-state index in [4.69, 9.17) is 25.8 Å². The minimum absolute atomic E-state index is 0.329. The zero-order chi connectivity index (χ0) is 21.8. The predicted molar refractivity (Wildman–Crippen MR) is 117 cm³/mol. The van der Waals surface area contributed by atoms with Gasteiger partial charge in [0, 0.05) is 11.1 Å². The lowest BCUT2D eigenvalue weighted by atomic mass is 10.0. The van der Waals surface area contributed by atoms with E-state index in [1.54, 1.807) is 31.2 Å². The minimum atomic E-state index is -0.398. The first-order valence-corrected chi connectivity index (χ1v) is 10.4. The molecule has 0 spiro atoms. The molecular weight excluding hydrogens is 404 g/mol. The maximum Gasteiger partial charge on any atom is 0.330 e. The lowest BCUT2D eigenvalue weighted by molar-refractivity contribution is -0.138. The lowest BCUT2D eigenvalue weighted by Gasteiger charge is -2.13. The van der Waals surface area contributed by atoms with E-state index >= 15 is 0 Å². The number of unbranched alkanes of at least 4 members (excludes halogenated alkanes) is 3. The fraction of sp³-hybridized carbons (Fsp3) is 0.333. The van der Waals surface area contributed by atoms with Crippen molar-refractivity contribution in [3.05, 3.63) is 71.8 Å². The molecule has 1 atom stereocenters. The Morgan fingerprint density at radius 1 is 0.933 bits per heavy atom. The van der Waals surface area contributed by atoms with E-state index in [0.717, 1.165) is 37.0 Å². The van der Waals surface area contributed by atoms with Gasteiger partial charge in [0.05, 0.1) is 19.1 Å². The summed E-state index contributed by atoms with van der Waals surface area (Å²) in [5.74, 6) is 0.121. The Hall–Kier alpha value is -2.79. The normalized spacial score (nSPS) is 11.4. The molecule has 0 saturated carbocycles. The zero-order valence-electron chi connectivity index (χ0n) is 17.1. The summed E-state index contributed by atoms with van der Waals surface area (Å²) in [7, 11) is 0. The van der Waals surface area contributed by atoms with Crippen LogP contribution in [0.25, 0.3) is 0 Å². The lowest BCUT2D eigenvalue weighted by Crippen LogP contribution is -2.16. The van der Waals surface area contributed by atoms with Crippen molar-refractivity contribution in [3.63, 3.8) is 0 Å². The standard InChI is InChI=1S/C24H27ClO5/c1-3-23(26)29-17-7-5-4-6-16-28-21-12-8-19(9-13-21)18(2)24(27)30-22-14-10-20(25)11-15-22/h3,8-15,18H,1,4-7,16-17H2,2H3. The largest absolute Gasteiger partial charge is 0.494 e. The molecule has 0 aliphatic heterocycles. The molecule has 2 aromatic carbocycles. The van der Waals surface area contributed by atoms with Crippen LogP contribution in [-0.2, 0) is 14.3 Å². The molecule has 0 bridgehead atoms. The molecule has 0 aromatic heterocycles. The van der Waals surface area contributed by atoms with Crippen LogP contribution in [0.2, 0.25) is 5.02 Å². The van der Waals surface area contributed by atoms with Gasteiger partial charge in [-0.15, -0.1) is 0 Å². The van der Waals surface area contributed by atoms with E-state index in [9.17, 15) is 9.59 Å². The van der Waals surface area contributed by atoms with Gasteiger partial charge in [0.25, 0.3) is 0 Å². The summed E-state index contributed by atoms with van der Waals surface area (Å²) in [6.45, 7) is 6.19. The van der Waals surface area contributed by atoms with Crippen molar-refractivity contribution >= 4 is 23.5 Å². The topological polar surface area (TPSA) is 61.8 Å². The molecule has 0 heterocycles. The van der Waals surface area contributed by atoms with Crippen molar-refractivity contribution in [2.45, 2.75) is 38.5 Å². The smallest absolute Gasteiger partial charge is 0.330 e. The summed E-state index contributed by atoms with van der Waals surface area (Å²) in [5.41, 5.74) is 0.857. The van der Waals surface area contributed by atoms with Crippen molar-refractivity contribution in [2.75, 3.05) is 13.2 Å². The Labute approximate surface area is 182 Å². The molecule has 0 radical (unpaired) electrons. The fourth-order valence-corrected chi connectivity index (χ4v) is 2.80. The molecule has 5 nitrogen and oxygen atoms in total. The van der Waals surface area contributed by atoms with Crippen molar-refractivity contribution in [1.82, 2.24) is 0 Å². The minimum Gasteiger partial charge on any atom is -0.494 e. The molecular formula is C24H27ClO5. The average Bonchev–Trinajstić information content (AvgIpc) is 2.76. The molecule has 0 aliphatic rings. The Morgan fingerprint density at radius 3 is 2.17 bits per heavy atom. The van der Waals surface area contributed by atoms with Crippen molar-refractivity contribution in [3.8, 4) is 11.5 Å². The van der Waals surface area contributed by atoms with Crippen LogP contribution in [0.1, 0.15) is 44.1 Å². The van der Waals surface area contributed by atoms with E-state index < -0.39 is 5.92 Å². The number of ether oxygens (including phenoxy) is 3. The van der Waals surface area contributed by atoms with Crippen LogP contribution < -0.4 is 9.47 Å². The van der Waals surface area contributed by atoms with E-state index in [1.165, 1.54) is 6.08 Å². The van der Waals surface area contributed by atoms with Gasteiger partial charge >= 0.3 is 11.9 Å². The Kier molecular flexibility index (Phi) is 9.95. The molecule has 6 heteroatoms. The molecule has 2 rings (SSSR count). The van der Waals surface area contributed by atoms with Crippen LogP contribution in [0.5, 0.6) is 11.5 Å². The van der Waals surface area contributed by atoms with Gasteiger partial charge in [-0.2, -0.15) is 0 Å². The SMILES string of the molecule is C=CC(=O)OCCCCCCOc1ccc(C(C)C(=O)Oc2ccc(Cl)cc2)cc1. The molecule has 0 fully saturated rings. The zero-order valence-corrected chi connectivity index (χ0v) is 17.9. The van der Waals surface area contributed by atoms with Crippen LogP contribution in [0.3, 0.4) is 0 Å². The third-order valence-corrected chi connectivity index (χ3v) is 4.74. The molecule has 30 heavy (non-hydrogen) atoms. The quantitative estimate of drug-likeness (QED) is 0.186. The van der Waals surface area contributed by atoms with E-state index in [0.29, 0.717) is 24.0 Å². The van der Waals surface area contributed by atoms with Gasteiger partial charge in [-0.1, -0.05) is 30.3 Å². The monoisotopic (exact) mass is 430 g/mol. The van der Waals surface area contributed by atoms with Crippen LogP contribution in [0.15, 0.2) is 61.2 Å². The number of benzene rings is 2. The second-order valence-corrected chi connectivity index (χ2v) is 7.24. The van der Waals surface area contributed by atoms with Crippen LogP contribution in [0.4, 0.5) is 0 Å². The van der Waals surface area contributed by atoms with Crippen LogP contribution >= 0.6 is 11.6 Å². The molecule has 2 aromatic rings. The highest BCUT2D eigenvalue weighted by Crippen LogP contribution is 2.23. The second kappa shape index (κ2) is 12.7. The van der Waals surface area contributed by atoms with Crippen LogP contribution in [0, 0.1) is 0 Å². The van der Waals surface area contributed by atoms with E-state index in [1.807, 2.05) is 24.3 Å². The highest BCUT2D eigenvalue weighted by Gasteiger charge is 2.17. The molecule has 0 aliphatic carbocycles. The number of halogens is 1. The number of carbonyl (C=O) groups is 2. The van der Waals surface area contributed by atoms with Gasteiger partial charge in [0.15, 0.2) is 0 Å². The number of rotatable bonds is 12. The Bertz CT molecular complexity index is 814. The van der Waals surface area contributed by atoms with Crippen molar-refractivity contribution in [1.29, 1.82) is 0 Å².